The van der Waals surface area contributed by atoms with Gasteiger partial charge in [-0.15, -0.1) is 0 Å². The molecule has 0 aromatic rings. The van der Waals surface area contributed by atoms with Crippen molar-refractivity contribution in [2.45, 2.75) is 96.2 Å². The van der Waals surface area contributed by atoms with E-state index < -0.39 is 12.2 Å². The molecule has 2 aliphatic carbocycles. The van der Waals surface area contributed by atoms with Gasteiger partial charge in [0.15, 0.2) is 0 Å². The van der Waals surface area contributed by atoms with Crippen LogP contribution in [0, 0.1) is 17.8 Å². The van der Waals surface area contributed by atoms with Crippen LogP contribution in [-0.4, -0.2) is 53.7 Å². The van der Waals surface area contributed by atoms with Crippen LogP contribution >= 0.6 is 0 Å². The van der Waals surface area contributed by atoms with E-state index >= 15 is 0 Å². The number of hydrogen-bond donors (Lipinski definition) is 2. The smallest absolute Gasteiger partial charge is 0.135 e. The highest BCUT2D eigenvalue weighted by molar-refractivity contribution is 5.78. The molecule has 0 radical (unpaired) electrons. The Hall–Kier alpha value is -0.710. The molecular formula is C24H43NO3. The van der Waals surface area contributed by atoms with Crippen molar-refractivity contribution in [1.82, 2.24) is 4.90 Å². The summed E-state index contributed by atoms with van der Waals surface area (Å²) in [5.74, 6) is 0.749. The lowest BCUT2D eigenvalue weighted by molar-refractivity contribution is -0.122. The molecule has 162 valence electrons. The van der Waals surface area contributed by atoms with Crippen LogP contribution in [0.4, 0.5) is 0 Å². The number of carbonyl (C=O) groups is 1. The van der Waals surface area contributed by atoms with Gasteiger partial charge >= 0.3 is 0 Å². The van der Waals surface area contributed by atoms with Crippen LogP contribution in [0.3, 0.4) is 0 Å². The molecule has 0 aliphatic heterocycles. The van der Waals surface area contributed by atoms with Crippen molar-refractivity contribution < 1.29 is 15.0 Å². The van der Waals surface area contributed by atoms with Gasteiger partial charge < -0.3 is 15.1 Å². The minimum Gasteiger partial charge on any atom is -0.393 e. The van der Waals surface area contributed by atoms with E-state index in [4.69, 9.17) is 0 Å². The van der Waals surface area contributed by atoms with Crippen molar-refractivity contribution in [2.24, 2.45) is 17.8 Å². The SMILES string of the molecule is CCCCCCC(=O)C[C@@H](O)[C@@H]1[C@H]2CC(CCCCCN(C)C)=C[C@H]2C[C@H]1O. The molecule has 0 unspecified atom stereocenters. The zero-order chi connectivity index (χ0) is 20.5. The van der Waals surface area contributed by atoms with E-state index in [1.54, 1.807) is 0 Å². The second kappa shape index (κ2) is 12.1. The molecule has 0 saturated heterocycles. The van der Waals surface area contributed by atoms with Crippen molar-refractivity contribution in [3.05, 3.63) is 11.6 Å². The highest BCUT2D eigenvalue weighted by atomic mass is 16.3. The average molecular weight is 394 g/mol. The third-order valence-electron chi connectivity index (χ3n) is 6.74. The van der Waals surface area contributed by atoms with Crippen LogP contribution in [0.2, 0.25) is 0 Å². The fourth-order valence-electron chi connectivity index (χ4n) is 5.24. The van der Waals surface area contributed by atoms with E-state index in [1.165, 1.54) is 37.7 Å². The number of aliphatic hydroxyl groups is 2. The first kappa shape index (κ1) is 23.6. The molecular weight excluding hydrogens is 350 g/mol. The first-order valence-corrected chi connectivity index (χ1v) is 11.6. The fraction of sp³-hybridized carbons (Fsp3) is 0.875. The van der Waals surface area contributed by atoms with Gasteiger partial charge in [0.05, 0.1) is 12.2 Å². The third kappa shape index (κ3) is 7.27. The van der Waals surface area contributed by atoms with Gasteiger partial charge in [-0.2, -0.15) is 0 Å². The summed E-state index contributed by atoms with van der Waals surface area (Å²) in [5.41, 5.74) is 1.51. The largest absolute Gasteiger partial charge is 0.393 e. The summed E-state index contributed by atoms with van der Waals surface area (Å²) >= 11 is 0. The molecule has 2 rings (SSSR count). The topological polar surface area (TPSA) is 60.8 Å². The monoisotopic (exact) mass is 393 g/mol. The van der Waals surface area contributed by atoms with Gasteiger partial charge in [0.1, 0.15) is 5.78 Å². The van der Waals surface area contributed by atoms with Crippen molar-refractivity contribution in [3.8, 4) is 0 Å². The highest BCUT2D eigenvalue weighted by Crippen LogP contribution is 2.49. The number of Topliss-reactive ketones (excluding diaryl/α,β-unsaturated/α-hetero) is 1. The minimum atomic E-state index is -0.684. The second-order valence-electron chi connectivity index (χ2n) is 9.47. The lowest BCUT2D eigenvalue weighted by Gasteiger charge is -2.26. The standard InChI is InChI=1S/C24H43NO3/c1-4-5-6-9-12-20(26)17-23(28)24-21-15-18(14-19(21)16-22(24)27)11-8-7-10-13-25(2)3/h14,19,21-24,27-28H,4-13,15-17H2,1-3H3/t19-,21-,22+,23+,24+/m0/s1. The molecule has 4 nitrogen and oxygen atoms in total. The van der Waals surface area contributed by atoms with Crippen LogP contribution in [-0.2, 0) is 4.79 Å². The Balaban J connectivity index is 1.74. The minimum absolute atomic E-state index is 0.132. The number of carbonyl (C=O) groups excluding carboxylic acids is 1. The maximum absolute atomic E-state index is 12.2. The third-order valence-corrected chi connectivity index (χ3v) is 6.74. The Labute approximate surface area is 172 Å². The van der Waals surface area contributed by atoms with Gasteiger partial charge in [-0.25, -0.2) is 0 Å². The van der Waals surface area contributed by atoms with E-state index in [-0.39, 0.29) is 18.1 Å². The lowest BCUT2D eigenvalue weighted by Crippen LogP contribution is -2.33. The molecule has 1 saturated carbocycles. The summed E-state index contributed by atoms with van der Waals surface area (Å²) < 4.78 is 0. The van der Waals surface area contributed by atoms with E-state index in [9.17, 15) is 15.0 Å². The van der Waals surface area contributed by atoms with Gasteiger partial charge in [0.2, 0.25) is 0 Å². The summed E-state index contributed by atoms with van der Waals surface area (Å²) in [6, 6.07) is 0. The Morgan fingerprint density at radius 2 is 1.93 bits per heavy atom. The number of hydrogen-bond acceptors (Lipinski definition) is 4. The number of nitrogens with zero attached hydrogens (tertiary/aromatic N) is 1. The molecule has 4 heteroatoms. The summed E-state index contributed by atoms with van der Waals surface area (Å²) in [7, 11) is 4.24. The number of allylic oxidation sites excluding steroid dienone is 2. The van der Waals surface area contributed by atoms with E-state index in [0.29, 0.717) is 18.3 Å². The first-order chi connectivity index (χ1) is 13.4. The average Bonchev–Trinajstić information content (AvgIpc) is 3.13. The van der Waals surface area contributed by atoms with Crippen molar-refractivity contribution in [3.63, 3.8) is 0 Å². The molecule has 1 fully saturated rings. The summed E-state index contributed by atoms with van der Waals surface area (Å²) in [6.07, 6.45) is 13.0. The number of unbranched alkanes of at least 4 members (excludes halogenated alkanes) is 5. The molecule has 0 heterocycles. The lowest BCUT2D eigenvalue weighted by atomic mass is 9.83. The molecule has 5 atom stereocenters. The Morgan fingerprint density at radius 3 is 2.64 bits per heavy atom. The van der Waals surface area contributed by atoms with E-state index in [2.05, 4.69) is 32.0 Å². The van der Waals surface area contributed by atoms with Crippen molar-refractivity contribution in [1.29, 1.82) is 0 Å². The van der Waals surface area contributed by atoms with Gasteiger partial charge in [-0.05, 0) is 71.0 Å². The molecule has 0 aromatic heterocycles. The second-order valence-corrected chi connectivity index (χ2v) is 9.47. The van der Waals surface area contributed by atoms with Crippen LogP contribution in [0.1, 0.15) is 84.0 Å². The fourth-order valence-corrected chi connectivity index (χ4v) is 5.24. The zero-order valence-corrected chi connectivity index (χ0v) is 18.4. The predicted molar refractivity (Wildman–Crippen MR) is 115 cm³/mol. The summed E-state index contributed by atoms with van der Waals surface area (Å²) in [5, 5.41) is 21.2. The zero-order valence-electron chi connectivity index (χ0n) is 18.4. The van der Waals surface area contributed by atoms with Gasteiger partial charge in [0.25, 0.3) is 0 Å². The molecule has 2 N–H and O–H groups in total. The van der Waals surface area contributed by atoms with Crippen LogP contribution in [0.15, 0.2) is 11.6 Å². The van der Waals surface area contributed by atoms with E-state index in [0.717, 1.165) is 38.6 Å². The number of ketones is 1. The predicted octanol–water partition coefficient (Wildman–Crippen LogP) is 4.34. The van der Waals surface area contributed by atoms with Crippen LogP contribution in [0.25, 0.3) is 0 Å². The van der Waals surface area contributed by atoms with Crippen LogP contribution < -0.4 is 0 Å². The summed E-state index contributed by atoms with van der Waals surface area (Å²) in [6.45, 7) is 3.31. The maximum atomic E-state index is 12.2. The first-order valence-electron chi connectivity index (χ1n) is 11.6. The van der Waals surface area contributed by atoms with Gasteiger partial charge in [-0.3, -0.25) is 4.79 Å². The highest BCUT2D eigenvalue weighted by Gasteiger charge is 2.47. The number of fused-ring (bicyclic) bond motifs is 1. The quantitative estimate of drug-likeness (QED) is 0.340. The molecule has 2 aliphatic rings. The van der Waals surface area contributed by atoms with Crippen molar-refractivity contribution >= 4 is 5.78 Å². The molecule has 28 heavy (non-hydrogen) atoms. The Bertz CT molecular complexity index is 502. The molecule has 0 bridgehead atoms. The molecule has 0 spiro atoms. The summed E-state index contributed by atoms with van der Waals surface area (Å²) in [4.78, 5) is 14.5. The van der Waals surface area contributed by atoms with Gasteiger partial charge in [-0.1, -0.05) is 44.3 Å². The molecule has 0 aromatic carbocycles. The van der Waals surface area contributed by atoms with E-state index in [1.807, 2.05) is 0 Å². The Kier molecular flexibility index (Phi) is 10.2. The number of aliphatic hydroxyl groups excluding tert-OH is 2. The number of rotatable bonds is 14. The maximum Gasteiger partial charge on any atom is 0.135 e. The normalized spacial score (nSPS) is 27.9. The van der Waals surface area contributed by atoms with Crippen molar-refractivity contribution in [2.75, 3.05) is 20.6 Å². The van der Waals surface area contributed by atoms with Gasteiger partial charge in [0, 0.05) is 18.8 Å². The molecule has 0 amide bonds. The Morgan fingerprint density at radius 1 is 1.18 bits per heavy atom. The van der Waals surface area contributed by atoms with Crippen LogP contribution in [0.5, 0.6) is 0 Å².